The normalized spacial score (nSPS) is 33.8. The second kappa shape index (κ2) is 7.67. The van der Waals surface area contributed by atoms with Crippen LogP contribution in [-0.4, -0.2) is 76.8 Å². The van der Waals surface area contributed by atoms with E-state index in [2.05, 4.69) is 11.9 Å². The van der Waals surface area contributed by atoms with E-state index in [0.717, 1.165) is 0 Å². The molecule has 0 aromatic rings. The van der Waals surface area contributed by atoms with Crippen LogP contribution in [0.3, 0.4) is 0 Å². The lowest BCUT2D eigenvalue weighted by Crippen LogP contribution is -2.59. The van der Waals surface area contributed by atoms with Gasteiger partial charge in [0.25, 0.3) is 0 Å². The van der Waals surface area contributed by atoms with E-state index in [0.29, 0.717) is 5.57 Å². The molecule has 8 nitrogen and oxygen atoms in total. The first-order chi connectivity index (χ1) is 9.38. The molecule has 0 unspecified atom stereocenters. The van der Waals surface area contributed by atoms with Gasteiger partial charge in [0.15, 0.2) is 6.29 Å². The standard InChI is InChI=1S/C12H21NO7/c1-6(2)11(18)13-3-4-19-12-10(17)9(16)8(15)7(5-14)20-12/h7-10,12,14-17H,1,3-5H2,2H3,(H,13,18)/t7-,8-,9+,10+,12+/m1/s1. The highest BCUT2D eigenvalue weighted by Gasteiger charge is 2.43. The molecule has 1 heterocycles. The summed E-state index contributed by atoms with van der Waals surface area (Å²) >= 11 is 0. The molecule has 0 saturated carbocycles. The van der Waals surface area contributed by atoms with Gasteiger partial charge in [-0.15, -0.1) is 0 Å². The van der Waals surface area contributed by atoms with Gasteiger partial charge in [0.2, 0.25) is 5.91 Å². The first-order valence-corrected chi connectivity index (χ1v) is 6.24. The van der Waals surface area contributed by atoms with Crippen LogP contribution in [0.4, 0.5) is 0 Å². The van der Waals surface area contributed by atoms with Gasteiger partial charge in [0.1, 0.15) is 24.4 Å². The summed E-state index contributed by atoms with van der Waals surface area (Å²) in [6.07, 6.45) is -6.53. The summed E-state index contributed by atoms with van der Waals surface area (Å²) in [5.41, 5.74) is 0.359. The maximum atomic E-state index is 11.2. The molecule has 20 heavy (non-hydrogen) atoms. The molecule has 0 aliphatic carbocycles. The molecule has 0 bridgehead atoms. The van der Waals surface area contributed by atoms with E-state index in [1.54, 1.807) is 6.92 Å². The number of ether oxygens (including phenoxy) is 2. The number of carbonyl (C=O) groups excluding carboxylic acids is 1. The van der Waals surface area contributed by atoms with Crippen LogP contribution in [0, 0.1) is 0 Å². The predicted octanol–water partition coefficient (Wildman–Crippen LogP) is -2.50. The van der Waals surface area contributed by atoms with Gasteiger partial charge >= 0.3 is 0 Å². The highest BCUT2D eigenvalue weighted by Crippen LogP contribution is 2.21. The Kier molecular flexibility index (Phi) is 6.53. The minimum Gasteiger partial charge on any atom is -0.394 e. The first-order valence-electron chi connectivity index (χ1n) is 6.24. The molecule has 8 heteroatoms. The van der Waals surface area contributed by atoms with Crippen molar-refractivity contribution < 1.29 is 34.7 Å². The summed E-state index contributed by atoms with van der Waals surface area (Å²) < 4.78 is 10.3. The van der Waals surface area contributed by atoms with Crippen molar-refractivity contribution in [3.05, 3.63) is 12.2 Å². The molecule has 1 fully saturated rings. The highest BCUT2D eigenvalue weighted by atomic mass is 16.7. The number of hydrogen-bond donors (Lipinski definition) is 5. The van der Waals surface area contributed by atoms with Gasteiger partial charge in [-0.3, -0.25) is 4.79 Å². The minimum atomic E-state index is -1.48. The highest BCUT2D eigenvalue weighted by molar-refractivity contribution is 5.91. The largest absolute Gasteiger partial charge is 0.394 e. The predicted molar refractivity (Wildman–Crippen MR) is 67.5 cm³/mol. The Bertz CT molecular complexity index is 347. The Labute approximate surface area is 116 Å². The van der Waals surface area contributed by atoms with Crippen molar-refractivity contribution in [2.24, 2.45) is 0 Å². The fraction of sp³-hybridized carbons (Fsp3) is 0.750. The second-order valence-corrected chi connectivity index (χ2v) is 4.60. The van der Waals surface area contributed by atoms with Crippen molar-refractivity contribution in [1.82, 2.24) is 5.32 Å². The van der Waals surface area contributed by atoms with Gasteiger partial charge in [-0.2, -0.15) is 0 Å². The number of aliphatic hydroxyl groups excluding tert-OH is 4. The van der Waals surface area contributed by atoms with Gasteiger partial charge < -0.3 is 35.2 Å². The topological polar surface area (TPSA) is 128 Å². The molecular formula is C12H21NO7. The SMILES string of the molecule is C=C(C)C(=O)NCCO[C@H]1O[C@H](CO)[C@@H](O)[C@H](O)[C@@H]1O. The summed E-state index contributed by atoms with van der Waals surface area (Å²) in [4.78, 5) is 11.2. The van der Waals surface area contributed by atoms with Crippen LogP contribution in [0.15, 0.2) is 12.2 Å². The fourth-order valence-corrected chi connectivity index (χ4v) is 1.70. The molecular weight excluding hydrogens is 270 g/mol. The molecule has 116 valence electrons. The fourth-order valence-electron chi connectivity index (χ4n) is 1.70. The molecule has 1 saturated heterocycles. The van der Waals surface area contributed by atoms with E-state index < -0.39 is 37.3 Å². The van der Waals surface area contributed by atoms with Gasteiger partial charge in [-0.1, -0.05) is 6.58 Å². The third kappa shape index (κ3) is 4.23. The number of carbonyl (C=O) groups is 1. The third-order valence-electron chi connectivity index (χ3n) is 2.91. The van der Waals surface area contributed by atoms with Crippen LogP contribution in [0.5, 0.6) is 0 Å². The van der Waals surface area contributed by atoms with E-state index >= 15 is 0 Å². The average molecular weight is 291 g/mol. The average Bonchev–Trinajstić information content (AvgIpc) is 2.42. The first kappa shape index (κ1) is 17.0. The lowest BCUT2D eigenvalue weighted by molar-refractivity contribution is -0.300. The molecule has 0 aromatic heterocycles. The summed E-state index contributed by atoms with van der Waals surface area (Å²) in [5.74, 6) is -0.317. The van der Waals surface area contributed by atoms with Crippen molar-refractivity contribution in [1.29, 1.82) is 0 Å². The second-order valence-electron chi connectivity index (χ2n) is 4.60. The van der Waals surface area contributed by atoms with Crippen LogP contribution in [0.1, 0.15) is 6.92 Å². The number of hydrogen-bond acceptors (Lipinski definition) is 7. The van der Waals surface area contributed by atoms with Gasteiger partial charge in [0, 0.05) is 12.1 Å². The number of rotatable bonds is 6. The van der Waals surface area contributed by atoms with Crippen molar-refractivity contribution in [2.75, 3.05) is 19.8 Å². The Morgan fingerprint density at radius 3 is 2.50 bits per heavy atom. The molecule has 1 rings (SSSR count). The summed E-state index contributed by atoms with van der Waals surface area (Å²) in [7, 11) is 0. The third-order valence-corrected chi connectivity index (χ3v) is 2.91. The molecule has 1 aliphatic rings. The quantitative estimate of drug-likeness (QED) is 0.270. The van der Waals surface area contributed by atoms with E-state index in [9.17, 15) is 20.1 Å². The summed E-state index contributed by atoms with van der Waals surface area (Å²) in [6.45, 7) is 4.71. The maximum Gasteiger partial charge on any atom is 0.246 e. The van der Waals surface area contributed by atoms with E-state index in [4.69, 9.17) is 14.6 Å². The Morgan fingerprint density at radius 2 is 1.95 bits per heavy atom. The Hall–Kier alpha value is -1.03. The molecule has 5 atom stereocenters. The number of nitrogens with one attached hydrogen (secondary N) is 1. The smallest absolute Gasteiger partial charge is 0.246 e. The van der Waals surface area contributed by atoms with Crippen LogP contribution >= 0.6 is 0 Å². The van der Waals surface area contributed by atoms with Gasteiger partial charge in [-0.25, -0.2) is 0 Å². The van der Waals surface area contributed by atoms with Crippen molar-refractivity contribution >= 4 is 5.91 Å². The lowest BCUT2D eigenvalue weighted by atomic mass is 9.99. The minimum absolute atomic E-state index is 0.0295. The number of amides is 1. The monoisotopic (exact) mass is 291 g/mol. The zero-order valence-electron chi connectivity index (χ0n) is 11.2. The summed E-state index contributed by atoms with van der Waals surface area (Å²) in [5, 5.41) is 40.3. The van der Waals surface area contributed by atoms with Gasteiger partial charge in [0.05, 0.1) is 13.2 Å². The van der Waals surface area contributed by atoms with Gasteiger partial charge in [-0.05, 0) is 6.92 Å². The van der Waals surface area contributed by atoms with E-state index in [-0.39, 0.29) is 19.1 Å². The summed E-state index contributed by atoms with van der Waals surface area (Å²) in [6, 6.07) is 0. The molecule has 5 N–H and O–H groups in total. The maximum absolute atomic E-state index is 11.2. The molecule has 0 radical (unpaired) electrons. The zero-order chi connectivity index (χ0) is 15.3. The van der Waals surface area contributed by atoms with Crippen LogP contribution in [-0.2, 0) is 14.3 Å². The van der Waals surface area contributed by atoms with E-state index in [1.165, 1.54) is 0 Å². The zero-order valence-corrected chi connectivity index (χ0v) is 11.2. The van der Waals surface area contributed by atoms with Crippen molar-refractivity contribution in [3.8, 4) is 0 Å². The Balaban J connectivity index is 2.39. The van der Waals surface area contributed by atoms with Crippen LogP contribution < -0.4 is 5.32 Å². The molecule has 0 spiro atoms. The molecule has 1 aliphatic heterocycles. The van der Waals surface area contributed by atoms with Crippen molar-refractivity contribution in [3.63, 3.8) is 0 Å². The molecule has 0 aromatic carbocycles. The van der Waals surface area contributed by atoms with Crippen molar-refractivity contribution in [2.45, 2.75) is 37.6 Å². The molecule has 1 amide bonds. The van der Waals surface area contributed by atoms with Crippen LogP contribution in [0.2, 0.25) is 0 Å². The van der Waals surface area contributed by atoms with E-state index in [1.807, 2.05) is 0 Å². The Morgan fingerprint density at radius 1 is 1.30 bits per heavy atom. The van der Waals surface area contributed by atoms with Crippen LogP contribution in [0.25, 0.3) is 0 Å². The lowest BCUT2D eigenvalue weighted by Gasteiger charge is -2.39. The number of aliphatic hydroxyl groups is 4.